The summed E-state index contributed by atoms with van der Waals surface area (Å²) in [4.78, 5) is 4.80. The molecule has 1 N–H and O–H groups in total. The van der Waals surface area contributed by atoms with Gasteiger partial charge in [-0.15, -0.1) is 0 Å². The minimum atomic E-state index is 1.04. The van der Waals surface area contributed by atoms with Crippen LogP contribution >= 0.6 is 0 Å². The number of rotatable bonds is 1. The zero-order chi connectivity index (χ0) is 11.5. The second-order valence-electron chi connectivity index (χ2n) is 4.42. The lowest BCUT2D eigenvalue weighted by molar-refractivity contribution is 0.708. The van der Waals surface area contributed by atoms with Crippen molar-refractivity contribution in [3.63, 3.8) is 0 Å². The Bertz CT molecular complexity index is 506. The molecule has 1 aromatic carbocycles. The van der Waals surface area contributed by atoms with Gasteiger partial charge in [0.1, 0.15) is 0 Å². The molecule has 0 spiro atoms. The van der Waals surface area contributed by atoms with Crippen molar-refractivity contribution in [2.45, 2.75) is 12.8 Å². The average Bonchev–Trinajstić information content (AvgIpc) is 2.64. The maximum Gasteiger partial charge on any atom is 0.0705 e. The second kappa shape index (κ2) is 4.68. The third kappa shape index (κ3) is 2.22. The Kier molecular flexibility index (Phi) is 2.88. The van der Waals surface area contributed by atoms with Gasteiger partial charge in [-0.05, 0) is 24.6 Å². The molecular formula is C15H16N2. The fourth-order valence-corrected chi connectivity index (χ4v) is 2.30. The highest BCUT2D eigenvalue weighted by Gasteiger charge is 2.09. The standard InChI is InChI=1S/C15H16N2/c1-2-4-12(5-3-1)14-7-6-13-8-10-16-11-9-15(13)17-14/h1-7,16H,8-11H2. The van der Waals surface area contributed by atoms with Crippen molar-refractivity contribution in [1.29, 1.82) is 0 Å². The fourth-order valence-electron chi connectivity index (χ4n) is 2.30. The topological polar surface area (TPSA) is 24.9 Å². The zero-order valence-corrected chi connectivity index (χ0v) is 9.82. The molecule has 0 radical (unpaired) electrons. The van der Waals surface area contributed by atoms with Gasteiger partial charge in [-0.3, -0.25) is 4.98 Å². The van der Waals surface area contributed by atoms with Crippen LogP contribution in [0.2, 0.25) is 0 Å². The van der Waals surface area contributed by atoms with E-state index in [-0.39, 0.29) is 0 Å². The monoisotopic (exact) mass is 224 g/mol. The Balaban J connectivity index is 2.00. The molecule has 2 aromatic rings. The number of nitrogens with zero attached hydrogens (tertiary/aromatic N) is 1. The van der Waals surface area contributed by atoms with Crippen molar-refractivity contribution in [1.82, 2.24) is 10.3 Å². The van der Waals surface area contributed by atoms with Crippen molar-refractivity contribution in [2.75, 3.05) is 13.1 Å². The molecule has 86 valence electrons. The molecule has 2 heteroatoms. The molecule has 1 aliphatic heterocycles. The van der Waals surface area contributed by atoms with E-state index in [0.717, 1.165) is 31.6 Å². The Labute approximate surface area is 102 Å². The largest absolute Gasteiger partial charge is 0.316 e. The summed E-state index contributed by atoms with van der Waals surface area (Å²) in [6, 6.07) is 14.8. The summed E-state index contributed by atoms with van der Waals surface area (Å²) in [6.45, 7) is 2.11. The molecule has 3 rings (SSSR count). The van der Waals surface area contributed by atoms with Crippen molar-refractivity contribution in [3.05, 3.63) is 53.7 Å². The van der Waals surface area contributed by atoms with Crippen LogP contribution in [0.5, 0.6) is 0 Å². The van der Waals surface area contributed by atoms with E-state index in [1.165, 1.54) is 16.8 Å². The lowest BCUT2D eigenvalue weighted by Gasteiger charge is -2.07. The van der Waals surface area contributed by atoms with E-state index in [4.69, 9.17) is 4.98 Å². The number of aromatic nitrogens is 1. The fraction of sp³-hybridized carbons (Fsp3) is 0.267. The minimum Gasteiger partial charge on any atom is -0.316 e. The maximum atomic E-state index is 4.80. The average molecular weight is 224 g/mol. The van der Waals surface area contributed by atoms with Gasteiger partial charge in [-0.1, -0.05) is 36.4 Å². The van der Waals surface area contributed by atoms with Gasteiger partial charge in [0.25, 0.3) is 0 Å². The van der Waals surface area contributed by atoms with Crippen LogP contribution in [0.25, 0.3) is 11.3 Å². The van der Waals surface area contributed by atoms with Gasteiger partial charge in [0.15, 0.2) is 0 Å². The molecule has 1 aliphatic rings. The van der Waals surface area contributed by atoms with Gasteiger partial charge in [0.2, 0.25) is 0 Å². The molecule has 0 saturated carbocycles. The Morgan fingerprint density at radius 1 is 0.882 bits per heavy atom. The molecule has 0 fully saturated rings. The highest BCUT2D eigenvalue weighted by molar-refractivity contribution is 5.59. The van der Waals surface area contributed by atoms with E-state index >= 15 is 0 Å². The summed E-state index contributed by atoms with van der Waals surface area (Å²) in [5.41, 5.74) is 4.95. The van der Waals surface area contributed by atoms with Crippen LogP contribution in [0.15, 0.2) is 42.5 Å². The van der Waals surface area contributed by atoms with E-state index in [1.807, 2.05) is 6.07 Å². The quantitative estimate of drug-likeness (QED) is 0.804. The summed E-state index contributed by atoms with van der Waals surface area (Å²) in [5, 5.41) is 3.41. The first kappa shape index (κ1) is 10.5. The molecule has 1 aromatic heterocycles. The van der Waals surface area contributed by atoms with Crippen LogP contribution in [-0.2, 0) is 12.8 Å². The molecule has 0 aliphatic carbocycles. The molecule has 2 nitrogen and oxygen atoms in total. The number of hydrogen-bond acceptors (Lipinski definition) is 2. The lowest BCUT2D eigenvalue weighted by atomic mass is 10.1. The number of nitrogens with one attached hydrogen (secondary N) is 1. The van der Waals surface area contributed by atoms with E-state index in [1.54, 1.807) is 0 Å². The SMILES string of the molecule is c1ccc(-c2ccc3c(n2)CCNCC3)cc1. The van der Waals surface area contributed by atoms with E-state index in [9.17, 15) is 0 Å². The summed E-state index contributed by atoms with van der Waals surface area (Å²) in [6.07, 6.45) is 2.13. The number of hydrogen-bond donors (Lipinski definition) is 1. The zero-order valence-electron chi connectivity index (χ0n) is 9.82. The molecule has 17 heavy (non-hydrogen) atoms. The third-order valence-electron chi connectivity index (χ3n) is 3.25. The Hall–Kier alpha value is -1.67. The molecule has 0 atom stereocenters. The van der Waals surface area contributed by atoms with Crippen LogP contribution in [0.3, 0.4) is 0 Å². The lowest BCUT2D eigenvalue weighted by Crippen LogP contribution is -2.16. The van der Waals surface area contributed by atoms with Crippen LogP contribution in [0.1, 0.15) is 11.3 Å². The van der Waals surface area contributed by atoms with Crippen LogP contribution in [0.4, 0.5) is 0 Å². The predicted molar refractivity (Wildman–Crippen MR) is 70.0 cm³/mol. The normalized spacial score (nSPS) is 15.1. The van der Waals surface area contributed by atoms with Gasteiger partial charge >= 0.3 is 0 Å². The Morgan fingerprint density at radius 3 is 2.59 bits per heavy atom. The predicted octanol–water partition coefficient (Wildman–Crippen LogP) is 2.44. The maximum absolute atomic E-state index is 4.80. The molecule has 0 bridgehead atoms. The molecule has 0 saturated heterocycles. The van der Waals surface area contributed by atoms with Crippen molar-refractivity contribution < 1.29 is 0 Å². The third-order valence-corrected chi connectivity index (χ3v) is 3.25. The van der Waals surface area contributed by atoms with Crippen molar-refractivity contribution in [2.24, 2.45) is 0 Å². The highest BCUT2D eigenvalue weighted by atomic mass is 14.9. The van der Waals surface area contributed by atoms with E-state index in [2.05, 4.69) is 41.7 Å². The van der Waals surface area contributed by atoms with Crippen molar-refractivity contribution in [3.8, 4) is 11.3 Å². The summed E-state index contributed by atoms with van der Waals surface area (Å²) >= 11 is 0. The smallest absolute Gasteiger partial charge is 0.0705 e. The van der Waals surface area contributed by atoms with Crippen molar-refractivity contribution >= 4 is 0 Å². The highest BCUT2D eigenvalue weighted by Crippen LogP contribution is 2.20. The summed E-state index contributed by atoms with van der Waals surface area (Å²) in [7, 11) is 0. The first-order valence-corrected chi connectivity index (χ1v) is 6.18. The van der Waals surface area contributed by atoms with E-state index < -0.39 is 0 Å². The summed E-state index contributed by atoms with van der Waals surface area (Å²) in [5.74, 6) is 0. The van der Waals surface area contributed by atoms with Crippen LogP contribution < -0.4 is 5.32 Å². The van der Waals surface area contributed by atoms with Gasteiger partial charge in [0.05, 0.1) is 5.69 Å². The first-order chi connectivity index (χ1) is 8.43. The molecular weight excluding hydrogens is 208 g/mol. The van der Waals surface area contributed by atoms with E-state index in [0.29, 0.717) is 0 Å². The Morgan fingerprint density at radius 2 is 1.71 bits per heavy atom. The van der Waals surface area contributed by atoms with Gasteiger partial charge in [-0.2, -0.15) is 0 Å². The van der Waals surface area contributed by atoms with Gasteiger partial charge < -0.3 is 5.32 Å². The minimum absolute atomic E-state index is 1.04. The number of fused-ring (bicyclic) bond motifs is 1. The second-order valence-corrected chi connectivity index (χ2v) is 4.42. The summed E-state index contributed by atoms with van der Waals surface area (Å²) < 4.78 is 0. The number of benzene rings is 1. The number of pyridine rings is 1. The van der Waals surface area contributed by atoms with Crippen LogP contribution in [-0.4, -0.2) is 18.1 Å². The van der Waals surface area contributed by atoms with Gasteiger partial charge in [0, 0.05) is 24.2 Å². The van der Waals surface area contributed by atoms with Crippen LogP contribution in [0, 0.1) is 0 Å². The van der Waals surface area contributed by atoms with Gasteiger partial charge in [-0.25, -0.2) is 0 Å². The molecule has 0 unspecified atom stereocenters. The molecule has 0 amide bonds. The first-order valence-electron chi connectivity index (χ1n) is 6.18. The molecule has 2 heterocycles.